The van der Waals surface area contributed by atoms with Gasteiger partial charge in [0.25, 0.3) is 5.91 Å². The van der Waals surface area contributed by atoms with Crippen LogP contribution in [0.25, 0.3) is 0 Å². The van der Waals surface area contributed by atoms with E-state index in [4.69, 9.17) is 14.7 Å². The van der Waals surface area contributed by atoms with Crippen LogP contribution >= 0.6 is 0 Å². The fourth-order valence-electron chi connectivity index (χ4n) is 1.67. The molecule has 0 aliphatic rings. The van der Waals surface area contributed by atoms with Gasteiger partial charge in [0, 0.05) is 11.8 Å². The molecule has 0 radical (unpaired) electrons. The lowest BCUT2D eigenvalue weighted by Crippen LogP contribution is -2.20. The van der Waals surface area contributed by atoms with Crippen molar-refractivity contribution in [1.29, 1.82) is 5.26 Å². The molecule has 0 heterocycles. The van der Waals surface area contributed by atoms with E-state index in [-0.39, 0.29) is 12.5 Å². The Morgan fingerprint density at radius 3 is 2.57 bits per heavy atom. The number of methoxy groups -OCH3 is 1. The molecule has 0 aromatic heterocycles. The second-order valence-corrected chi connectivity index (χ2v) is 4.20. The monoisotopic (exact) mass is 282 g/mol. The average Bonchev–Trinajstić information content (AvgIpc) is 2.54. The third-order valence-corrected chi connectivity index (χ3v) is 2.71. The summed E-state index contributed by atoms with van der Waals surface area (Å²) < 4.78 is 10.5. The van der Waals surface area contributed by atoms with Crippen molar-refractivity contribution in [3.63, 3.8) is 0 Å². The van der Waals surface area contributed by atoms with E-state index in [0.29, 0.717) is 22.7 Å². The third kappa shape index (κ3) is 4.25. The quantitative estimate of drug-likeness (QED) is 0.915. The van der Waals surface area contributed by atoms with Gasteiger partial charge >= 0.3 is 0 Å². The Labute approximate surface area is 122 Å². The van der Waals surface area contributed by atoms with Gasteiger partial charge in [0.2, 0.25) is 0 Å². The Hall–Kier alpha value is -3.00. The summed E-state index contributed by atoms with van der Waals surface area (Å²) in [5.74, 6) is 0.951. The highest BCUT2D eigenvalue weighted by Crippen LogP contribution is 2.18. The minimum absolute atomic E-state index is 0.104. The van der Waals surface area contributed by atoms with Gasteiger partial charge in [-0.15, -0.1) is 0 Å². The van der Waals surface area contributed by atoms with E-state index in [9.17, 15) is 4.79 Å². The smallest absolute Gasteiger partial charge is 0.262 e. The highest BCUT2D eigenvalue weighted by Gasteiger charge is 2.04. The van der Waals surface area contributed by atoms with Gasteiger partial charge in [-0.3, -0.25) is 4.79 Å². The van der Waals surface area contributed by atoms with E-state index < -0.39 is 0 Å². The van der Waals surface area contributed by atoms with Crippen molar-refractivity contribution in [2.24, 2.45) is 0 Å². The van der Waals surface area contributed by atoms with E-state index in [2.05, 4.69) is 5.32 Å². The van der Waals surface area contributed by atoms with Gasteiger partial charge in [0.15, 0.2) is 6.61 Å². The molecule has 0 aliphatic heterocycles. The first-order chi connectivity index (χ1) is 10.2. The van der Waals surface area contributed by atoms with Gasteiger partial charge < -0.3 is 14.8 Å². The van der Waals surface area contributed by atoms with Crippen molar-refractivity contribution in [3.05, 3.63) is 54.1 Å². The third-order valence-electron chi connectivity index (χ3n) is 2.71. The summed E-state index contributed by atoms with van der Waals surface area (Å²) in [5.41, 5.74) is 1.16. The molecule has 2 aromatic rings. The van der Waals surface area contributed by atoms with Crippen molar-refractivity contribution >= 4 is 11.6 Å². The second-order valence-electron chi connectivity index (χ2n) is 4.20. The number of benzene rings is 2. The Kier molecular flexibility index (Phi) is 4.78. The van der Waals surface area contributed by atoms with Crippen LogP contribution in [0.2, 0.25) is 0 Å². The molecule has 1 amide bonds. The number of carbonyl (C=O) groups excluding carboxylic acids is 1. The largest absolute Gasteiger partial charge is 0.497 e. The topological polar surface area (TPSA) is 71.3 Å². The number of amides is 1. The van der Waals surface area contributed by atoms with Gasteiger partial charge in [0.05, 0.1) is 18.7 Å². The van der Waals surface area contributed by atoms with Crippen LogP contribution in [-0.4, -0.2) is 19.6 Å². The molecule has 0 unspecified atom stereocenters. The average molecular weight is 282 g/mol. The maximum absolute atomic E-state index is 11.8. The van der Waals surface area contributed by atoms with Gasteiger partial charge in [-0.25, -0.2) is 0 Å². The summed E-state index contributed by atoms with van der Waals surface area (Å²) in [6.07, 6.45) is 0. The first-order valence-electron chi connectivity index (χ1n) is 6.28. The number of carbonyl (C=O) groups is 1. The first-order valence-corrected chi connectivity index (χ1v) is 6.28. The number of hydrogen-bond donors (Lipinski definition) is 1. The molecule has 0 fully saturated rings. The maximum atomic E-state index is 11.8. The predicted octanol–water partition coefficient (Wildman–Crippen LogP) is 2.58. The van der Waals surface area contributed by atoms with E-state index in [1.54, 1.807) is 55.6 Å². The van der Waals surface area contributed by atoms with Gasteiger partial charge in [-0.2, -0.15) is 5.26 Å². The van der Waals surface area contributed by atoms with Gasteiger partial charge in [0.1, 0.15) is 11.5 Å². The Morgan fingerprint density at radius 2 is 1.90 bits per heavy atom. The van der Waals surface area contributed by atoms with Crippen LogP contribution < -0.4 is 14.8 Å². The zero-order chi connectivity index (χ0) is 15.1. The summed E-state index contributed by atoms with van der Waals surface area (Å²) in [4.78, 5) is 11.8. The molecule has 106 valence electrons. The number of nitrogens with zero attached hydrogens (tertiary/aromatic N) is 1. The zero-order valence-corrected chi connectivity index (χ0v) is 11.5. The Morgan fingerprint density at radius 1 is 1.19 bits per heavy atom. The summed E-state index contributed by atoms with van der Waals surface area (Å²) in [7, 11) is 1.57. The zero-order valence-electron chi connectivity index (χ0n) is 11.5. The fourth-order valence-corrected chi connectivity index (χ4v) is 1.67. The van der Waals surface area contributed by atoms with Crippen molar-refractivity contribution < 1.29 is 14.3 Å². The molecule has 21 heavy (non-hydrogen) atoms. The molecule has 1 N–H and O–H groups in total. The van der Waals surface area contributed by atoms with Crippen LogP contribution in [-0.2, 0) is 4.79 Å². The molecule has 0 saturated carbocycles. The minimum atomic E-state index is -0.275. The highest BCUT2D eigenvalue weighted by molar-refractivity contribution is 5.91. The number of hydrogen-bond acceptors (Lipinski definition) is 4. The maximum Gasteiger partial charge on any atom is 0.262 e. The minimum Gasteiger partial charge on any atom is -0.497 e. The molecule has 0 bridgehead atoms. The summed E-state index contributed by atoms with van der Waals surface area (Å²) in [5, 5.41) is 11.4. The van der Waals surface area contributed by atoms with Crippen molar-refractivity contribution in [1.82, 2.24) is 0 Å². The molecule has 5 nitrogen and oxygen atoms in total. The summed E-state index contributed by atoms with van der Waals surface area (Å²) in [6, 6.07) is 15.7. The van der Waals surface area contributed by atoms with E-state index in [1.807, 2.05) is 6.07 Å². The molecule has 2 aromatic carbocycles. The molecule has 0 spiro atoms. The van der Waals surface area contributed by atoms with Crippen LogP contribution in [0, 0.1) is 11.3 Å². The lowest BCUT2D eigenvalue weighted by molar-refractivity contribution is -0.118. The molecular formula is C16H14N2O3. The predicted molar refractivity (Wildman–Crippen MR) is 78.3 cm³/mol. The first kappa shape index (κ1) is 14.4. The molecule has 0 aliphatic carbocycles. The van der Waals surface area contributed by atoms with E-state index in [1.165, 1.54) is 0 Å². The van der Waals surface area contributed by atoms with Crippen molar-refractivity contribution in [2.75, 3.05) is 19.0 Å². The fraction of sp³-hybridized carbons (Fsp3) is 0.125. The highest BCUT2D eigenvalue weighted by atomic mass is 16.5. The lowest BCUT2D eigenvalue weighted by atomic mass is 10.2. The standard InChI is InChI=1S/C16H14N2O3/c1-20-14-3-2-4-15(9-14)21-11-16(19)18-13-7-5-12(10-17)6-8-13/h2-9H,11H2,1H3,(H,18,19). The van der Waals surface area contributed by atoms with Crippen LogP contribution in [0.3, 0.4) is 0 Å². The van der Waals surface area contributed by atoms with Gasteiger partial charge in [-0.05, 0) is 36.4 Å². The lowest BCUT2D eigenvalue weighted by Gasteiger charge is -2.08. The number of anilines is 1. The van der Waals surface area contributed by atoms with Crippen LogP contribution in [0.1, 0.15) is 5.56 Å². The van der Waals surface area contributed by atoms with E-state index >= 15 is 0 Å². The molecule has 0 atom stereocenters. The van der Waals surface area contributed by atoms with E-state index in [0.717, 1.165) is 0 Å². The molecular weight excluding hydrogens is 268 g/mol. The number of nitriles is 1. The molecule has 5 heteroatoms. The van der Waals surface area contributed by atoms with Crippen LogP contribution in [0.5, 0.6) is 11.5 Å². The molecule has 2 rings (SSSR count). The second kappa shape index (κ2) is 6.96. The molecule has 0 saturated heterocycles. The van der Waals surface area contributed by atoms with Crippen LogP contribution in [0.15, 0.2) is 48.5 Å². The number of ether oxygens (including phenoxy) is 2. The Bertz CT molecular complexity index is 660. The number of rotatable bonds is 5. The van der Waals surface area contributed by atoms with Crippen molar-refractivity contribution in [3.8, 4) is 17.6 Å². The normalized spacial score (nSPS) is 9.52. The SMILES string of the molecule is COc1cccc(OCC(=O)Nc2ccc(C#N)cc2)c1. The number of nitrogens with one attached hydrogen (secondary N) is 1. The van der Waals surface area contributed by atoms with Crippen LogP contribution in [0.4, 0.5) is 5.69 Å². The van der Waals surface area contributed by atoms with Crippen molar-refractivity contribution in [2.45, 2.75) is 0 Å². The summed E-state index contributed by atoms with van der Waals surface area (Å²) in [6.45, 7) is -0.104. The summed E-state index contributed by atoms with van der Waals surface area (Å²) >= 11 is 0. The van der Waals surface area contributed by atoms with Gasteiger partial charge in [-0.1, -0.05) is 6.07 Å². The Balaban J connectivity index is 1.88.